The number of benzene rings is 1. The Balaban J connectivity index is 1.13. The number of rotatable bonds is 7. The van der Waals surface area contributed by atoms with Crippen molar-refractivity contribution in [3.8, 4) is 0 Å². The van der Waals surface area contributed by atoms with Gasteiger partial charge in [-0.05, 0) is 37.4 Å². The van der Waals surface area contributed by atoms with Crippen molar-refractivity contribution in [2.24, 2.45) is 18.0 Å². The molecule has 0 saturated carbocycles. The minimum Gasteiger partial charge on any atom is -0.366 e. The lowest BCUT2D eigenvalue weighted by molar-refractivity contribution is -0.137. The van der Waals surface area contributed by atoms with Crippen molar-refractivity contribution >= 4 is 29.6 Å². The molecule has 0 N–H and O–H groups in total. The van der Waals surface area contributed by atoms with E-state index in [0.29, 0.717) is 18.2 Å². The Bertz CT molecular complexity index is 1130. The van der Waals surface area contributed by atoms with Gasteiger partial charge in [0.15, 0.2) is 5.16 Å². The van der Waals surface area contributed by atoms with Crippen LogP contribution >= 0.6 is 11.8 Å². The third-order valence-corrected chi connectivity index (χ3v) is 8.07. The molecular weight excluding hydrogens is 477 g/mol. The molecule has 3 aliphatic rings. The average molecular weight is 505 g/mol. The lowest BCUT2D eigenvalue weighted by Gasteiger charge is -2.29. The third kappa shape index (κ3) is 5.02. The number of thioether (sulfide) groups is 1. The van der Waals surface area contributed by atoms with E-state index in [1.54, 1.807) is 36.2 Å². The number of hydrogen-bond acceptors (Lipinski definition) is 6. The molecule has 0 spiro atoms. The van der Waals surface area contributed by atoms with Gasteiger partial charge in [0, 0.05) is 56.5 Å². The lowest BCUT2D eigenvalue weighted by Crippen LogP contribution is -2.36. The van der Waals surface area contributed by atoms with E-state index >= 15 is 0 Å². The zero-order chi connectivity index (χ0) is 24.6. The molecule has 186 valence electrons. The molecule has 3 atom stereocenters. The van der Waals surface area contributed by atoms with Crippen LogP contribution in [-0.2, 0) is 18.0 Å². The fourth-order valence-corrected chi connectivity index (χ4v) is 6.12. The van der Waals surface area contributed by atoms with Gasteiger partial charge in [-0.2, -0.15) is 13.2 Å². The highest BCUT2D eigenvalue weighted by molar-refractivity contribution is 7.99. The van der Waals surface area contributed by atoms with Crippen LogP contribution in [0, 0.1) is 5.92 Å². The first-order valence-electron chi connectivity index (χ1n) is 11.7. The Labute approximate surface area is 206 Å². The van der Waals surface area contributed by atoms with Crippen LogP contribution in [0.1, 0.15) is 30.1 Å². The molecule has 11 heteroatoms. The summed E-state index contributed by atoms with van der Waals surface area (Å²) >= 11 is 1.63. The molecule has 1 unspecified atom stereocenters. The van der Waals surface area contributed by atoms with Crippen molar-refractivity contribution < 1.29 is 18.0 Å². The van der Waals surface area contributed by atoms with Crippen LogP contribution in [0.4, 0.5) is 18.9 Å². The molecule has 2 aromatic rings. The summed E-state index contributed by atoms with van der Waals surface area (Å²) in [5.74, 6) is 1.59. The topological polar surface area (TPSA) is 66.6 Å². The van der Waals surface area contributed by atoms with E-state index < -0.39 is 11.7 Å². The molecule has 0 aliphatic carbocycles. The van der Waals surface area contributed by atoms with E-state index in [1.807, 2.05) is 16.5 Å². The van der Waals surface area contributed by atoms with Gasteiger partial charge in [0.2, 0.25) is 0 Å². The maximum absolute atomic E-state index is 13.5. The first-order chi connectivity index (χ1) is 16.8. The predicted octanol–water partition coefficient (Wildman–Crippen LogP) is 3.78. The van der Waals surface area contributed by atoms with Crippen molar-refractivity contribution in [1.82, 2.24) is 19.7 Å². The molecule has 0 radical (unpaired) electrons. The van der Waals surface area contributed by atoms with Crippen molar-refractivity contribution in [3.63, 3.8) is 0 Å². The standard InChI is InChI=1S/C24H27F3N6OS/c1-31-22(16-7-8-21(34)28-13-16)29-30-23(31)35-12-4-10-32-14-17-9-11-33(20(17)15-32)19-6-3-2-5-18(19)24(25,26)27/h2-3,5-8,13,16-17,20H,4,9-12,14-15H2,1H3/t16?,17-,20+/m0/s1. The number of aromatic nitrogens is 3. The summed E-state index contributed by atoms with van der Waals surface area (Å²) in [6, 6.07) is 6.06. The maximum Gasteiger partial charge on any atom is 0.418 e. The molecule has 3 aliphatic heterocycles. The number of hydrogen-bond donors (Lipinski definition) is 0. The number of aliphatic imine (C=N–C) groups is 1. The zero-order valence-electron chi connectivity index (χ0n) is 19.4. The van der Waals surface area contributed by atoms with Gasteiger partial charge < -0.3 is 14.4 Å². The fraction of sp³-hybridized carbons (Fsp3) is 0.500. The Morgan fingerprint density at radius 2 is 2.00 bits per heavy atom. The Morgan fingerprint density at radius 1 is 1.17 bits per heavy atom. The molecule has 35 heavy (non-hydrogen) atoms. The van der Waals surface area contributed by atoms with Gasteiger partial charge in [-0.3, -0.25) is 4.79 Å². The molecule has 1 aromatic heterocycles. The number of para-hydroxylation sites is 1. The number of amides is 1. The SMILES string of the molecule is Cn1c(SCCCN2C[C@@H]3CCN(c4ccccc4C(F)(F)F)[C@@H]3C2)nnc1C1C=CC(=O)N=C1. The zero-order valence-corrected chi connectivity index (χ0v) is 20.2. The van der Waals surface area contributed by atoms with Crippen LogP contribution < -0.4 is 4.90 Å². The molecule has 2 saturated heterocycles. The second-order valence-corrected chi connectivity index (χ2v) is 10.2. The predicted molar refractivity (Wildman–Crippen MR) is 129 cm³/mol. The lowest BCUT2D eigenvalue weighted by atomic mass is 10.0. The van der Waals surface area contributed by atoms with Crippen molar-refractivity contribution in [2.45, 2.75) is 36.1 Å². The number of dihydropyridines is 1. The number of likely N-dealkylation sites (tertiary alicyclic amines) is 1. The highest BCUT2D eigenvalue weighted by Gasteiger charge is 2.44. The number of halogens is 3. The highest BCUT2D eigenvalue weighted by Crippen LogP contribution is 2.41. The molecule has 1 amide bonds. The molecule has 1 aromatic carbocycles. The summed E-state index contributed by atoms with van der Waals surface area (Å²) in [6.07, 6.45) is 2.33. The summed E-state index contributed by atoms with van der Waals surface area (Å²) < 4.78 is 42.6. The van der Waals surface area contributed by atoms with Crippen molar-refractivity contribution in [2.75, 3.05) is 36.8 Å². The van der Waals surface area contributed by atoms with Crippen LogP contribution in [0.15, 0.2) is 46.6 Å². The number of carbonyl (C=O) groups is 1. The van der Waals surface area contributed by atoms with Gasteiger partial charge in [-0.1, -0.05) is 30.0 Å². The number of alkyl halides is 3. The molecule has 5 rings (SSSR count). The van der Waals surface area contributed by atoms with E-state index in [-0.39, 0.29) is 17.9 Å². The third-order valence-electron chi connectivity index (χ3n) is 6.97. The van der Waals surface area contributed by atoms with E-state index in [1.165, 1.54) is 18.2 Å². The van der Waals surface area contributed by atoms with Gasteiger partial charge in [-0.15, -0.1) is 10.2 Å². The first-order valence-corrected chi connectivity index (χ1v) is 12.7. The average Bonchev–Trinajstić information content (AvgIpc) is 3.51. The Hall–Kier alpha value is -2.66. The first kappa shape index (κ1) is 24.1. The summed E-state index contributed by atoms with van der Waals surface area (Å²) in [5.41, 5.74) is -0.231. The van der Waals surface area contributed by atoms with Gasteiger partial charge in [0.25, 0.3) is 5.91 Å². The fourth-order valence-electron chi connectivity index (χ4n) is 5.27. The number of fused-ring (bicyclic) bond motifs is 1. The summed E-state index contributed by atoms with van der Waals surface area (Å²) in [5, 5.41) is 9.36. The Morgan fingerprint density at radius 3 is 2.77 bits per heavy atom. The van der Waals surface area contributed by atoms with Gasteiger partial charge in [-0.25, -0.2) is 4.99 Å². The Kier molecular flexibility index (Phi) is 6.71. The van der Waals surface area contributed by atoms with E-state index in [9.17, 15) is 18.0 Å². The summed E-state index contributed by atoms with van der Waals surface area (Å²) in [6.45, 7) is 3.30. The largest absolute Gasteiger partial charge is 0.418 e. The van der Waals surface area contributed by atoms with Crippen LogP contribution in [-0.4, -0.2) is 69.8 Å². The minimum atomic E-state index is -4.35. The maximum atomic E-state index is 13.5. The molecule has 2 fully saturated rings. The number of allylic oxidation sites excluding steroid dienone is 1. The van der Waals surface area contributed by atoms with E-state index in [2.05, 4.69) is 20.1 Å². The van der Waals surface area contributed by atoms with Crippen LogP contribution in [0.25, 0.3) is 0 Å². The van der Waals surface area contributed by atoms with Crippen LogP contribution in [0.3, 0.4) is 0 Å². The molecule has 4 heterocycles. The second kappa shape index (κ2) is 9.77. The molecular formula is C24H27F3N6OS. The van der Waals surface area contributed by atoms with Crippen molar-refractivity contribution in [1.29, 1.82) is 0 Å². The second-order valence-electron chi connectivity index (χ2n) is 9.19. The normalized spacial score (nSPS) is 24.5. The smallest absolute Gasteiger partial charge is 0.366 e. The highest BCUT2D eigenvalue weighted by atomic mass is 32.2. The quantitative estimate of drug-likeness (QED) is 0.423. The number of nitrogens with zero attached hydrogens (tertiary/aromatic N) is 6. The summed E-state index contributed by atoms with van der Waals surface area (Å²) in [7, 11) is 1.91. The van der Waals surface area contributed by atoms with Crippen molar-refractivity contribution in [3.05, 3.63) is 47.8 Å². The van der Waals surface area contributed by atoms with Crippen LogP contribution in [0.5, 0.6) is 0 Å². The molecule has 7 nitrogen and oxygen atoms in total. The number of carbonyl (C=O) groups excluding carboxylic acids is 1. The minimum absolute atomic E-state index is 0.129. The summed E-state index contributed by atoms with van der Waals surface area (Å²) in [4.78, 5) is 19.4. The van der Waals surface area contributed by atoms with Crippen LogP contribution in [0.2, 0.25) is 0 Å². The molecule has 0 bridgehead atoms. The van der Waals surface area contributed by atoms with E-state index in [0.717, 1.165) is 49.2 Å². The number of anilines is 1. The monoisotopic (exact) mass is 504 g/mol. The van der Waals surface area contributed by atoms with Gasteiger partial charge >= 0.3 is 6.18 Å². The van der Waals surface area contributed by atoms with Gasteiger partial charge in [0.1, 0.15) is 5.82 Å². The van der Waals surface area contributed by atoms with Gasteiger partial charge in [0.05, 0.1) is 11.5 Å². The van der Waals surface area contributed by atoms with E-state index in [4.69, 9.17) is 0 Å².